The van der Waals surface area contributed by atoms with E-state index in [-0.39, 0.29) is 0 Å². The Balaban J connectivity index is 1.96. The van der Waals surface area contributed by atoms with Gasteiger partial charge in [0.1, 0.15) is 0 Å². The quantitative estimate of drug-likeness (QED) is 0.335. The first kappa shape index (κ1) is 18.4. The van der Waals surface area contributed by atoms with Crippen LogP contribution in [0.4, 0.5) is 0 Å². The first-order valence-corrected chi connectivity index (χ1v) is 10.1. The van der Waals surface area contributed by atoms with Crippen LogP contribution in [0, 0.1) is 23.7 Å². The molecule has 0 bridgehead atoms. The number of fused-ring (bicyclic) bond motifs is 2. The molecule has 26 heavy (non-hydrogen) atoms. The second-order valence-corrected chi connectivity index (χ2v) is 7.13. The highest BCUT2D eigenvalue weighted by atomic mass is 14.1. The molecule has 0 spiro atoms. The maximum atomic E-state index is 3.39. The van der Waals surface area contributed by atoms with Crippen LogP contribution in [0.3, 0.4) is 0 Å². The van der Waals surface area contributed by atoms with Crippen LogP contribution in [0.5, 0.6) is 0 Å². The van der Waals surface area contributed by atoms with Crippen LogP contribution in [-0.2, 0) is 12.8 Å². The summed E-state index contributed by atoms with van der Waals surface area (Å²) in [6, 6.07) is 12.8. The number of aryl methyl sites for hydroxylation is 2. The van der Waals surface area contributed by atoms with E-state index in [1.807, 2.05) is 12.1 Å². The van der Waals surface area contributed by atoms with Crippen LogP contribution >= 0.6 is 0 Å². The molecule has 3 rings (SSSR count). The molecule has 132 valence electrons. The molecule has 0 heteroatoms. The summed E-state index contributed by atoms with van der Waals surface area (Å²) >= 11 is 0. The van der Waals surface area contributed by atoms with E-state index in [0.717, 1.165) is 35.1 Å². The molecule has 2 aromatic carbocycles. The molecule has 0 fully saturated rings. The molecule has 0 saturated carbocycles. The molecule has 0 atom stereocenters. The van der Waals surface area contributed by atoms with Gasteiger partial charge in [-0.3, -0.25) is 0 Å². The lowest BCUT2D eigenvalue weighted by Gasteiger charge is -2.13. The van der Waals surface area contributed by atoms with Gasteiger partial charge in [0.15, 0.2) is 0 Å². The fourth-order valence-electron chi connectivity index (χ4n) is 3.46. The Hall–Kier alpha value is -2.44. The van der Waals surface area contributed by atoms with Gasteiger partial charge in [-0.15, -0.1) is 0 Å². The number of benzene rings is 2. The van der Waals surface area contributed by atoms with Crippen molar-refractivity contribution in [3.8, 4) is 23.7 Å². The van der Waals surface area contributed by atoms with Crippen molar-refractivity contribution in [2.75, 3.05) is 0 Å². The van der Waals surface area contributed by atoms with Crippen molar-refractivity contribution in [1.29, 1.82) is 0 Å². The molecule has 0 unspecified atom stereocenters. The monoisotopic (exact) mass is 340 g/mol. The largest absolute Gasteiger partial charge is 0.0654 e. The first-order valence-electron chi connectivity index (χ1n) is 10.1. The van der Waals surface area contributed by atoms with Crippen molar-refractivity contribution in [2.45, 2.75) is 65.2 Å². The van der Waals surface area contributed by atoms with E-state index < -0.39 is 0 Å². The molecule has 0 saturated heterocycles. The SMILES string of the molecule is CCCCCc1cc2c(cc1CCCCC)C#Cc1ccccc1C#C2. The fourth-order valence-corrected chi connectivity index (χ4v) is 3.46. The van der Waals surface area contributed by atoms with Crippen molar-refractivity contribution >= 4 is 0 Å². The van der Waals surface area contributed by atoms with Crippen LogP contribution in [0.15, 0.2) is 36.4 Å². The van der Waals surface area contributed by atoms with Crippen molar-refractivity contribution in [3.05, 3.63) is 69.8 Å². The van der Waals surface area contributed by atoms with E-state index in [1.54, 1.807) is 0 Å². The van der Waals surface area contributed by atoms with E-state index in [9.17, 15) is 0 Å². The van der Waals surface area contributed by atoms with E-state index >= 15 is 0 Å². The minimum atomic E-state index is 1.03. The lowest BCUT2D eigenvalue weighted by atomic mass is 9.91. The van der Waals surface area contributed by atoms with Crippen LogP contribution in [-0.4, -0.2) is 0 Å². The van der Waals surface area contributed by atoms with E-state index in [4.69, 9.17) is 0 Å². The fraction of sp³-hybridized carbons (Fsp3) is 0.385. The van der Waals surface area contributed by atoms with E-state index in [0.29, 0.717) is 0 Å². The van der Waals surface area contributed by atoms with Crippen molar-refractivity contribution < 1.29 is 0 Å². The Morgan fingerprint density at radius 1 is 0.577 bits per heavy atom. The molecule has 0 radical (unpaired) electrons. The third kappa shape index (κ3) is 4.59. The summed E-state index contributed by atoms with van der Waals surface area (Å²) in [4.78, 5) is 0. The summed E-state index contributed by atoms with van der Waals surface area (Å²) in [5.41, 5.74) is 7.22. The van der Waals surface area contributed by atoms with E-state index in [2.05, 4.69) is 61.8 Å². The maximum Gasteiger partial charge on any atom is 0.0408 e. The predicted octanol–water partition coefficient (Wildman–Crippen LogP) is 6.27. The molecule has 0 heterocycles. The lowest BCUT2D eigenvalue weighted by molar-refractivity contribution is 0.693. The highest BCUT2D eigenvalue weighted by Crippen LogP contribution is 2.22. The highest BCUT2D eigenvalue weighted by Gasteiger charge is 2.09. The highest BCUT2D eigenvalue weighted by molar-refractivity contribution is 5.62. The molecule has 0 aliphatic heterocycles. The minimum Gasteiger partial charge on any atom is -0.0654 e. The van der Waals surface area contributed by atoms with Crippen molar-refractivity contribution in [2.24, 2.45) is 0 Å². The van der Waals surface area contributed by atoms with Gasteiger partial charge in [-0.1, -0.05) is 75.3 Å². The first-order chi connectivity index (χ1) is 12.8. The number of unbranched alkanes of at least 4 members (excludes halogenated alkanes) is 4. The molecule has 0 amide bonds. The van der Waals surface area contributed by atoms with Gasteiger partial charge in [0.2, 0.25) is 0 Å². The zero-order valence-electron chi connectivity index (χ0n) is 16.1. The number of hydrogen-bond acceptors (Lipinski definition) is 0. The van der Waals surface area contributed by atoms with Crippen LogP contribution < -0.4 is 0 Å². The van der Waals surface area contributed by atoms with Crippen molar-refractivity contribution in [1.82, 2.24) is 0 Å². The third-order valence-corrected chi connectivity index (χ3v) is 5.03. The van der Waals surface area contributed by atoms with Crippen LogP contribution in [0.25, 0.3) is 0 Å². The zero-order valence-corrected chi connectivity index (χ0v) is 16.1. The summed E-state index contributed by atoms with van der Waals surface area (Å²) in [6.07, 6.45) is 9.96. The van der Waals surface area contributed by atoms with Gasteiger partial charge in [-0.2, -0.15) is 0 Å². The molecule has 0 aromatic heterocycles. The summed E-state index contributed by atoms with van der Waals surface area (Å²) in [5.74, 6) is 13.5. The van der Waals surface area contributed by atoms with Gasteiger partial charge in [0.25, 0.3) is 0 Å². The van der Waals surface area contributed by atoms with E-state index in [1.165, 1.54) is 49.7 Å². The predicted molar refractivity (Wildman–Crippen MR) is 111 cm³/mol. The number of rotatable bonds is 8. The summed E-state index contributed by atoms with van der Waals surface area (Å²) < 4.78 is 0. The standard InChI is InChI=1S/C26H28/c1-3-5-7-13-23-19-25-17-15-21-11-9-10-12-22(21)16-18-26(25)20-24(23)14-8-6-4-2/h9-12,19-20H,3-8,13-14H2,1-2H3. The maximum absolute atomic E-state index is 3.39. The Kier molecular flexibility index (Phi) is 6.57. The second-order valence-electron chi connectivity index (χ2n) is 7.13. The van der Waals surface area contributed by atoms with Crippen molar-refractivity contribution in [3.63, 3.8) is 0 Å². The van der Waals surface area contributed by atoms with Gasteiger partial charge in [0, 0.05) is 22.3 Å². The van der Waals surface area contributed by atoms with Gasteiger partial charge in [-0.25, -0.2) is 0 Å². The Labute approximate surface area is 159 Å². The average Bonchev–Trinajstić information content (AvgIpc) is 2.65. The molecule has 1 aliphatic rings. The zero-order chi connectivity index (χ0) is 18.2. The average molecular weight is 341 g/mol. The molecule has 1 aliphatic carbocycles. The van der Waals surface area contributed by atoms with Crippen LogP contribution in [0.2, 0.25) is 0 Å². The lowest BCUT2D eigenvalue weighted by Crippen LogP contribution is -2.00. The van der Waals surface area contributed by atoms with Gasteiger partial charge in [-0.05, 0) is 61.1 Å². The van der Waals surface area contributed by atoms with Crippen LogP contribution in [0.1, 0.15) is 85.8 Å². The Bertz CT molecular complexity index is 804. The molecular formula is C26H28. The summed E-state index contributed by atoms with van der Waals surface area (Å²) in [5, 5.41) is 0. The second kappa shape index (κ2) is 9.31. The normalized spacial score (nSPS) is 11.2. The summed E-state index contributed by atoms with van der Waals surface area (Å²) in [7, 11) is 0. The molecule has 0 nitrogen and oxygen atoms in total. The Morgan fingerprint density at radius 3 is 1.42 bits per heavy atom. The summed E-state index contributed by atoms with van der Waals surface area (Å²) in [6.45, 7) is 4.53. The molecule has 0 N–H and O–H groups in total. The Morgan fingerprint density at radius 2 is 1.00 bits per heavy atom. The topological polar surface area (TPSA) is 0 Å². The third-order valence-electron chi connectivity index (χ3n) is 5.03. The van der Waals surface area contributed by atoms with Gasteiger partial charge in [0.05, 0.1) is 0 Å². The van der Waals surface area contributed by atoms with Gasteiger partial charge < -0.3 is 0 Å². The molecular weight excluding hydrogens is 312 g/mol. The minimum absolute atomic E-state index is 1.03. The smallest absolute Gasteiger partial charge is 0.0408 e. The number of hydrogen-bond donors (Lipinski definition) is 0. The molecule has 2 aromatic rings. The van der Waals surface area contributed by atoms with Gasteiger partial charge >= 0.3 is 0 Å².